The summed E-state index contributed by atoms with van der Waals surface area (Å²) < 4.78 is 0. The molecule has 0 aromatic heterocycles. The number of nitrogens with zero attached hydrogens (tertiary/aromatic N) is 1. The molecule has 0 saturated carbocycles. The Labute approximate surface area is 92.7 Å². The fourth-order valence-corrected chi connectivity index (χ4v) is 1.71. The molecular formula is C10H25N5. The van der Waals surface area contributed by atoms with Crippen LogP contribution in [0.25, 0.3) is 0 Å². The summed E-state index contributed by atoms with van der Waals surface area (Å²) in [7, 11) is 0. The van der Waals surface area contributed by atoms with Crippen LogP contribution < -0.4 is 21.8 Å². The third kappa shape index (κ3) is 6.81. The highest BCUT2D eigenvalue weighted by Gasteiger charge is 2.09. The van der Waals surface area contributed by atoms with Crippen molar-refractivity contribution in [2.45, 2.75) is 12.8 Å². The van der Waals surface area contributed by atoms with Crippen molar-refractivity contribution in [3.8, 4) is 0 Å². The Morgan fingerprint density at radius 2 is 1.47 bits per heavy atom. The third-order valence-corrected chi connectivity index (χ3v) is 2.54. The number of nitrogens with one attached hydrogen (secondary N) is 3. The van der Waals surface area contributed by atoms with Crippen LogP contribution in [0.1, 0.15) is 12.8 Å². The van der Waals surface area contributed by atoms with Gasteiger partial charge in [0.2, 0.25) is 0 Å². The van der Waals surface area contributed by atoms with Gasteiger partial charge in [-0.05, 0) is 12.8 Å². The smallest absolute Gasteiger partial charge is 0.0227 e. The molecule has 90 valence electrons. The summed E-state index contributed by atoms with van der Waals surface area (Å²) in [5, 5.41) is 8.94. The van der Waals surface area contributed by atoms with Crippen LogP contribution >= 0.6 is 0 Å². The minimum absolute atomic E-state index is 0.719. The molecule has 15 heavy (non-hydrogen) atoms. The van der Waals surface area contributed by atoms with Crippen molar-refractivity contribution < 1.29 is 0 Å². The van der Waals surface area contributed by atoms with Crippen LogP contribution in [0.15, 0.2) is 0 Å². The molecule has 0 bridgehead atoms. The van der Waals surface area contributed by atoms with E-state index < -0.39 is 0 Å². The lowest BCUT2D eigenvalue weighted by atomic mass is 10.4. The maximum atomic E-state index is 5.36. The highest BCUT2D eigenvalue weighted by Crippen LogP contribution is 2.02. The van der Waals surface area contributed by atoms with E-state index in [1.54, 1.807) is 0 Å². The van der Waals surface area contributed by atoms with Crippen molar-refractivity contribution in [2.24, 2.45) is 5.73 Å². The second-order valence-corrected chi connectivity index (χ2v) is 3.89. The number of hydrazine groups is 1. The van der Waals surface area contributed by atoms with Crippen LogP contribution in [0.2, 0.25) is 0 Å². The van der Waals surface area contributed by atoms with Gasteiger partial charge in [-0.15, -0.1) is 0 Å². The highest BCUT2D eigenvalue weighted by atomic mass is 15.5. The van der Waals surface area contributed by atoms with Crippen molar-refractivity contribution in [3.63, 3.8) is 0 Å². The van der Waals surface area contributed by atoms with E-state index in [1.165, 1.54) is 25.9 Å². The maximum Gasteiger partial charge on any atom is 0.0227 e. The van der Waals surface area contributed by atoms with E-state index in [9.17, 15) is 0 Å². The van der Waals surface area contributed by atoms with Gasteiger partial charge in [-0.1, -0.05) is 0 Å². The molecule has 0 atom stereocenters. The highest BCUT2D eigenvalue weighted by molar-refractivity contribution is 4.62. The average molecular weight is 215 g/mol. The molecule has 1 fully saturated rings. The Kier molecular flexibility index (Phi) is 7.77. The molecule has 0 amide bonds. The molecule has 1 heterocycles. The van der Waals surface area contributed by atoms with Gasteiger partial charge in [-0.2, -0.15) is 0 Å². The normalized spacial score (nSPS) is 17.4. The molecule has 5 heteroatoms. The van der Waals surface area contributed by atoms with E-state index >= 15 is 0 Å². The third-order valence-electron chi connectivity index (χ3n) is 2.54. The predicted molar refractivity (Wildman–Crippen MR) is 63.6 cm³/mol. The van der Waals surface area contributed by atoms with E-state index in [0.29, 0.717) is 0 Å². The lowest BCUT2D eigenvalue weighted by molar-refractivity contribution is 0.236. The van der Waals surface area contributed by atoms with Crippen LogP contribution in [-0.4, -0.2) is 57.4 Å². The summed E-state index contributed by atoms with van der Waals surface area (Å²) in [6.45, 7) is 8.11. The first-order valence-electron chi connectivity index (χ1n) is 6.03. The fraction of sp³-hybridized carbons (Fsp3) is 1.00. The summed E-state index contributed by atoms with van der Waals surface area (Å²) in [6, 6.07) is 0. The molecule has 0 spiro atoms. The van der Waals surface area contributed by atoms with Crippen LogP contribution in [-0.2, 0) is 0 Å². The molecule has 1 rings (SSSR count). The first-order valence-corrected chi connectivity index (χ1v) is 6.03. The largest absolute Gasteiger partial charge is 0.329 e. The van der Waals surface area contributed by atoms with Crippen molar-refractivity contribution in [2.75, 3.05) is 52.4 Å². The summed E-state index contributed by atoms with van der Waals surface area (Å²) in [5.74, 6) is 0. The van der Waals surface area contributed by atoms with E-state index in [-0.39, 0.29) is 0 Å². The second kappa shape index (κ2) is 9.06. The monoisotopic (exact) mass is 215 g/mol. The second-order valence-electron chi connectivity index (χ2n) is 3.89. The lowest BCUT2D eigenvalue weighted by Gasteiger charge is -2.16. The maximum absolute atomic E-state index is 5.36. The summed E-state index contributed by atoms with van der Waals surface area (Å²) in [5.41, 5.74) is 8.78. The molecule has 5 N–H and O–H groups in total. The molecule has 0 radical (unpaired) electrons. The topological polar surface area (TPSA) is 65.3 Å². The van der Waals surface area contributed by atoms with Gasteiger partial charge in [0.25, 0.3) is 0 Å². The molecule has 1 aliphatic heterocycles. The molecule has 5 nitrogen and oxygen atoms in total. The van der Waals surface area contributed by atoms with Gasteiger partial charge in [0, 0.05) is 52.4 Å². The molecule has 1 saturated heterocycles. The molecule has 0 unspecified atom stereocenters. The molecule has 0 aromatic rings. The van der Waals surface area contributed by atoms with Gasteiger partial charge in [0.15, 0.2) is 0 Å². The first kappa shape index (κ1) is 12.9. The van der Waals surface area contributed by atoms with Crippen LogP contribution in [0.3, 0.4) is 0 Å². The minimum atomic E-state index is 0.719. The molecular weight excluding hydrogens is 190 g/mol. The quantitative estimate of drug-likeness (QED) is 0.361. The Bertz CT molecular complexity index is 136. The van der Waals surface area contributed by atoms with Crippen LogP contribution in [0, 0.1) is 0 Å². The van der Waals surface area contributed by atoms with E-state index in [0.717, 1.165) is 39.3 Å². The van der Waals surface area contributed by atoms with Crippen LogP contribution in [0.5, 0.6) is 0 Å². The lowest BCUT2D eigenvalue weighted by Crippen LogP contribution is -2.40. The van der Waals surface area contributed by atoms with Gasteiger partial charge in [-0.3, -0.25) is 5.43 Å². The number of hydrogen-bond acceptors (Lipinski definition) is 5. The van der Waals surface area contributed by atoms with Gasteiger partial charge in [0.05, 0.1) is 0 Å². The Balaban J connectivity index is 1.73. The minimum Gasteiger partial charge on any atom is -0.329 e. The standard InChI is InChI=1S/C10H25N5/c11-3-4-12-5-6-13-7-8-14-15-9-1-2-10-15/h12-14H,1-11H2. The van der Waals surface area contributed by atoms with Crippen molar-refractivity contribution >= 4 is 0 Å². The molecule has 0 aromatic carbocycles. The predicted octanol–water partition coefficient (Wildman–Crippen LogP) is -1.28. The summed E-state index contributed by atoms with van der Waals surface area (Å²) in [6.07, 6.45) is 2.67. The zero-order chi connectivity index (χ0) is 10.8. The Hall–Kier alpha value is -0.200. The Morgan fingerprint density at radius 3 is 2.13 bits per heavy atom. The summed E-state index contributed by atoms with van der Waals surface area (Å²) >= 11 is 0. The first-order chi connectivity index (χ1) is 7.43. The van der Waals surface area contributed by atoms with E-state index in [1.807, 2.05) is 0 Å². The van der Waals surface area contributed by atoms with Crippen molar-refractivity contribution in [1.29, 1.82) is 0 Å². The van der Waals surface area contributed by atoms with E-state index in [2.05, 4.69) is 21.1 Å². The molecule has 1 aliphatic rings. The van der Waals surface area contributed by atoms with Gasteiger partial charge >= 0.3 is 0 Å². The fourth-order valence-electron chi connectivity index (χ4n) is 1.71. The summed E-state index contributed by atoms with van der Waals surface area (Å²) in [4.78, 5) is 0. The van der Waals surface area contributed by atoms with Crippen molar-refractivity contribution in [1.82, 2.24) is 21.1 Å². The number of nitrogens with two attached hydrogens (primary N) is 1. The van der Waals surface area contributed by atoms with Gasteiger partial charge in [0.1, 0.15) is 0 Å². The zero-order valence-corrected chi connectivity index (χ0v) is 9.60. The van der Waals surface area contributed by atoms with Gasteiger partial charge in [-0.25, -0.2) is 5.01 Å². The van der Waals surface area contributed by atoms with Crippen LogP contribution in [0.4, 0.5) is 0 Å². The molecule has 0 aliphatic carbocycles. The van der Waals surface area contributed by atoms with E-state index in [4.69, 9.17) is 5.73 Å². The number of rotatable bonds is 9. The van der Waals surface area contributed by atoms with Crippen molar-refractivity contribution in [3.05, 3.63) is 0 Å². The average Bonchev–Trinajstić information content (AvgIpc) is 2.75. The number of hydrogen-bond donors (Lipinski definition) is 4. The zero-order valence-electron chi connectivity index (χ0n) is 9.60. The Morgan fingerprint density at radius 1 is 0.867 bits per heavy atom. The van der Waals surface area contributed by atoms with Gasteiger partial charge < -0.3 is 16.4 Å². The SMILES string of the molecule is NCCNCCNCCNN1CCCC1.